The van der Waals surface area contributed by atoms with Gasteiger partial charge in [0.05, 0.1) is 23.5 Å². The average molecular weight is 562 g/mol. The summed E-state index contributed by atoms with van der Waals surface area (Å²) in [7, 11) is 1.48. The van der Waals surface area contributed by atoms with E-state index in [4.69, 9.17) is 28.6 Å². The minimum Gasteiger partial charge on any atom is -0.506 e. The number of aromatic nitrogens is 2. The largest absolute Gasteiger partial charge is 0.506 e. The normalized spacial score (nSPS) is 16.8. The van der Waals surface area contributed by atoms with E-state index >= 15 is 0 Å². The van der Waals surface area contributed by atoms with Gasteiger partial charge in [-0.3, -0.25) is 9.78 Å². The van der Waals surface area contributed by atoms with Crippen LogP contribution in [0, 0.1) is 13.8 Å². The van der Waals surface area contributed by atoms with E-state index in [1.807, 2.05) is 60.9 Å². The second-order valence-electron chi connectivity index (χ2n) is 9.32. The first-order valence-electron chi connectivity index (χ1n) is 12.4. The summed E-state index contributed by atoms with van der Waals surface area (Å²) >= 11 is 12.2. The number of ether oxygens (including phenoxy) is 1. The quantitative estimate of drug-likeness (QED) is 0.253. The first kappa shape index (κ1) is 26.7. The number of carbonyl (C=O) groups is 1. The Labute approximate surface area is 237 Å². The number of phenolic OH excluding ortho intramolecular Hbond substituents is 1. The summed E-state index contributed by atoms with van der Waals surface area (Å²) in [6.07, 6.45) is 1.77. The van der Waals surface area contributed by atoms with E-state index in [0.29, 0.717) is 21.5 Å². The van der Waals surface area contributed by atoms with Gasteiger partial charge in [-0.05, 0) is 92.3 Å². The maximum Gasteiger partial charge on any atom is 0.250 e. The fourth-order valence-corrected chi connectivity index (χ4v) is 5.63. The van der Waals surface area contributed by atoms with E-state index in [0.717, 1.165) is 28.3 Å². The number of pyridine rings is 1. The Morgan fingerprint density at radius 1 is 1.15 bits per heavy atom. The molecule has 0 radical (unpaired) electrons. The number of amides is 1. The molecular weight excluding hydrogens is 534 g/mol. The van der Waals surface area contributed by atoms with Crippen LogP contribution < -0.4 is 15.5 Å². The Morgan fingerprint density at radius 3 is 2.62 bits per heavy atom. The summed E-state index contributed by atoms with van der Waals surface area (Å²) in [6, 6.07) is 20.0. The van der Waals surface area contributed by atoms with Crippen molar-refractivity contribution in [3.05, 3.63) is 101 Å². The first-order valence-corrected chi connectivity index (χ1v) is 13.1. The molecule has 1 fully saturated rings. The van der Waals surface area contributed by atoms with Gasteiger partial charge in [0.15, 0.2) is 5.11 Å². The van der Waals surface area contributed by atoms with Crippen LogP contribution in [0.2, 0.25) is 5.02 Å². The van der Waals surface area contributed by atoms with Crippen molar-refractivity contribution in [2.75, 3.05) is 23.9 Å². The molecule has 200 valence electrons. The van der Waals surface area contributed by atoms with Crippen molar-refractivity contribution in [3.63, 3.8) is 0 Å². The van der Waals surface area contributed by atoms with Gasteiger partial charge in [-0.25, -0.2) is 0 Å². The van der Waals surface area contributed by atoms with E-state index in [2.05, 4.69) is 26.6 Å². The molecular formula is C29H28ClN5O3S. The molecule has 1 saturated heterocycles. The molecule has 2 aromatic heterocycles. The van der Waals surface area contributed by atoms with Crippen molar-refractivity contribution >= 4 is 46.2 Å². The average Bonchev–Trinajstić information content (AvgIpc) is 3.41. The van der Waals surface area contributed by atoms with E-state index in [1.54, 1.807) is 24.4 Å². The molecule has 10 heteroatoms. The monoisotopic (exact) mass is 561 g/mol. The second-order valence-corrected chi connectivity index (χ2v) is 10.1. The SMILES string of the molecule is COCC(=O)Nc1ccc(N2C(=S)N[C@@H](c3ccccn3)[C@@H]2c2cc(C)n(-c3cc(Cl)ccc3O)c2C)cc1. The maximum atomic E-state index is 12.0. The number of aryl methyl sites for hydroxylation is 1. The van der Waals surface area contributed by atoms with Crippen molar-refractivity contribution in [1.29, 1.82) is 0 Å². The van der Waals surface area contributed by atoms with Gasteiger partial charge in [-0.15, -0.1) is 0 Å². The lowest BCUT2D eigenvalue weighted by atomic mass is 9.96. The number of nitrogens with one attached hydrogen (secondary N) is 2. The highest BCUT2D eigenvalue weighted by atomic mass is 35.5. The lowest BCUT2D eigenvalue weighted by molar-refractivity contribution is -0.119. The Bertz CT molecular complexity index is 1520. The van der Waals surface area contributed by atoms with Crippen LogP contribution in [-0.4, -0.2) is 39.4 Å². The molecule has 5 rings (SSSR count). The molecule has 0 spiro atoms. The van der Waals surface area contributed by atoms with Gasteiger partial charge in [-0.2, -0.15) is 0 Å². The van der Waals surface area contributed by atoms with Crippen LogP contribution >= 0.6 is 23.8 Å². The molecule has 2 aromatic carbocycles. The van der Waals surface area contributed by atoms with Gasteiger partial charge in [0, 0.05) is 41.1 Å². The highest BCUT2D eigenvalue weighted by Crippen LogP contribution is 2.44. The number of anilines is 2. The Balaban J connectivity index is 1.60. The van der Waals surface area contributed by atoms with E-state index in [1.165, 1.54) is 7.11 Å². The third-order valence-corrected chi connectivity index (χ3v) is 7.32. The molecule has 0 bridgehead atoms. The van der Waals surface area contributed by atoms with Crippen LogP contribution in [0.1, 0.15) is 34.7 Å². The standard InChI is InChI=1S/C29H28ClN5O3S/c1-17-14-22(18(2)34(17)24-15-19(30)7-12-25(24)36)28-27(23-6-4-5-13-31-23)33-29(39)35(28)21-10-8-20(9-11-21)32-26(37)16-38-3/h4-15,27-28,36H,16H2,1-3H3,(H,32,37)(H,33,39)/t27-,28-/m0/s1. The zero-order valence-electron chi connectivity index (χ0n) is 21.7. The van der Waals surface area contributed by atoms with Crippen molar-refractivity contribution < 1.29 is 14.6 Å². The zero-order chi connectivity index (χ0) is 27.7. The second kappa shape index (κ2) is 11.1. The number of thiocarbonyl (C=S) groups is 1. The summed E-state index contributed by atoms with van der Waals surface area (Å²) in [5.41, 5.74) is 5.88. The van der Waals surface area contributed by atoms with Crippen molar-refractivity contribution in [2.45, 2.75) is 25.9 Å². The van der Waals surface area contributed by atoms with Gasteiger partial charge in [0.2, 0.25) is 5.91 Å². The fraction of sp³-hybridized carbons (Fsp3) is 0.207. The number of methoxy groups -OCH3 is 1. The number of hydrogen-bond donors (Lipinski definition) is 3. The molecule has 39 heavy (non-hydrogen) atoms. The number of aromatic hydroxyl groups is 1. The predicted molar refractivity (Wildman–Crippen MR) is 157 cm³/mol. The highest BCUT2D eigenvalue weighted by Gasteiger charge is 2.42. The summed E-state index contributed by atoms with van der Waals surface area (Å²) in [5, 5.41) is 18.1. The number of rotatable bonds is 7. The van der Waals surface area contributed by atoms with Crippen LogP contribution in [-0.2, 0) is 9.53 Å². The molecule has 4 aromatic rings. The van der Waals surface area contributed by atoms with Crippen LogP contribution in [0.15, 0.2) is 72.9 Å². The van der Waals surface area contributed by atoms with Crippen LogP contribution in [0.25, 0.3) is 5.69 Å². The number of hydrogen-bond acceptors (Lipinski definition) is 5. The molecule has 0 saturated carbocycles. The van der Waals surface area contributed by atoms with E-state index in [9.17, 15) is 9.90 Å². The molecule has 0 aliphatic carbocycles. The van der Waals surface area contributed by atoms with Crippen LogP contribution in [0.5, 0.6) is 5.75 Å². The van der Waals surface area contributed by atoms with Gasteiger partial charge in [-0.1, -0.05) is 17.7 Å². The van der Waals surface area contributed by atoms with E-state index < -0.39 is 0 Å². The third kappa shape index (κ3) is 5.21. The number of carbonyl (C=O) groups excluding carboxylic acids is 1. The van der Waals surface area contributed by atoms with Crippen LogP contribution in [0.3, 0.4) is 0 Å². The molecule has 1 aliphatic rings. The molecule has 8 nitrogen and oxygen atoms in total. The smallest absolute Gasteiger partial charge is 0.250 e. The Hall–Kier alpha value is -3.92. The summed E-state index contributed by atoms with van der Waals surface area (Å²) in [6.45, 7) is 3.99. The number of halogens is 1. The molecule has 3 heterocycles. The third-order valence-electron chi connectivity index (χ3n) is 6.77. The van der Waals surface area contributed by atoms with Crippen LogP contribution in [0.4, 0.5) is 11.4 Å². The number of phenols is 1. The zero-order valence-corrected chi connectivity index (χ0v) is 23.3. The summed E-state index contributed by atoms with van der Waals surface area (Å²) < 4.78 is 6.90. The van der Waals surface area contributed by atoms with Crippen molar-refractivity contribution in [3.8, 4) is 11.4 Å². The molecule has 1 amide bonds. The highest BCUT2D eigenvalue weighted by molar-refractivity contribution is 7.80. The van der Waals surface area contributed by atoms with Gasteiger partial charge in [0.1, 0.15) is 12.4 Å². The lowest BCUT2D eigenvalue weighted by Crippen LogP contribution is -2.29. The minimum atomic E-state index is -0.248. The molecule has 3 N–H and O–H groups in total. The van der Waals surface area contributed by atoms with Gasteiger partial charge in [0.25, 0.3) is 0 Å². The maximum absolute atomic E-state index is 12.0. The first-order chi connectivity index (χ1) is 18.8. The summed E-state index contributed by atoms with van der Waals surface area (Å²) in [5.74, 6) is -0.0922. The number of nitrogens with zero attached hydrogens (tertiary/aromatic N) is 3. The minimum absolute atomic E-state index is 0.0203. The predicted octanol–water partition coefficient (Wildman–Crippen LogP) is 5.61. The fourth-order valence-electron chi connectivity index (χ4n) is 5.12. The topological polar surface area (TPSA) is 91.7 Å². The van der Waals surface area contributed by atoms with Gasteiger partial charge < -0.3 is 29.9 Å². The Morgan fingerprint density at radius 2 is 1.92 bits per heavy atom. The molecule has 0 unspecified atom stereocenters. The van der Waals surface area contributed by atoms with E-state index in [-0.39, 0.29) is 30.3 Å². The number of benzene rings is 2. The molecule has 1 aliphatic heterocycles. The summed E-state index contributed by atoms with van der Waals surface area (Å²) in [4.78, 5) is 18.7. The van der Waals surface area contributed by atoms with Gasteiger partial charge >= 0.3 is 0 Å². The van der Waals surface area contributed by atoms with Crippen molar-refractivity contribution in [1.82, 2.24) is 14.9 Å². The van der Waals surface area contributed by atoms with Crippen molar-refractivity contribution in [2.24, 2.45) is 0 Å². The lowest BCUT2D eigenvalue weighted by Gasteiger charge is -2.28. The Kier molecular flexibility index (Phi) is 7.56. The molecule has 2 atom stereocenters.